The number of aryl methyl sites for hydroxylation is 1. The van der Waals surface area contributed by atoms with E-state index in [0.717, 1.165) is 18.2 Å². The molecule has 0 aliphatic carbocycles. The third-order valence-electron chi connectivity index (χ3n) is 2.99. The van der Waals surface area contributed by atoms with E-state index in [2.05, 4.69) is 0 Å². The Kier molecular flexibility index (Phi) is 3.95. The van der Waals surface area contributed by atoms with Crippen LogP contribution in [0.25, 0.3) is 0 Å². The molecule has 0 bridgehead atoms. The first-order valence-electron chi connectivity index (χ1n) is 6.05. The van der Waals surface area contributed by atoms with Gasteiger partial charge in [-0.3, -0.25) is 0 Å². The molecular weight excluding hydrogens is 296 g/mol. The van der Waals surface area contributed by atoms with Crippen LogP contribution < -0.4 is 0 Å². The highest BCUT2D eigenvalue weighted by Gasteiger charge is 2.20. The fourth-order valence-corrected chi connectivity index (χ4v) is 3.27. The quantitative estimate of drug-likeness (QED) is 0.637. The highest BCUT2D eigenvalue weighted by molar-refractivity contribution is 7.91. The predicted molar refractivity (Wildman–Crippen MR) is 75.3 cm³/mol. The maximum Gasteiger partial charge on any atom is 0.182 e. The highest BCUT2D eigenvalue weighted by atomic mass is 32.2. The summed E-state index contributed by atoms with van der Waals surface area (Å²) in [6.45, 7) is 0. The van der Waals surface area contributed by atoms with Gasteiger partial charge in [0.2, 0.25) is 0 Å². The van der Waals surface area contributed by atoms with E-state index in [1.807, 2.05) is 0 Å². The number of hydrogen-bond acceptors (Lipinski definition) is 6. The maximum absolute atomic E-state index is 12.2. The van der Waals surface area contributed by atoms with Crippen molar-refractivity contribution in [3.63, 3.8) is 0 Å². The molecule has 0 aliphatic heterocycles. The van der Waals surface area contributed by atoms with Gasteiger partial charge in [-0.25, -0.2) is 8.42 Å². The molecule has 0 unspecified atom stereocenters. The largest absolute Gasteiger partial charge is 0.508 e. The fourth-order valence-electron chi connectivity index (χ4n) is 1.87. The van der Waals surface area contributed by atoms with Crippen LogP contribution in [0.15, 0.2) is 41.3 Å². The summed E-state index contributed by atoms with van der Waals surface area (Å²) in [5.41, 5.74) is 0.357. The van der Waals surface area contributed by atoms with E-state index in [1.54, 1.807) is 0 Å². The van der Waals surface area contributed by atoms with Gasteiger partial charge in [-0.2, -0.15) is 0 Å². The first kappa shape index (κ1) is 15.0. The van der Waals surface area contributed by atoms with Gasteiger partial charge in [0, 0.05) is 12.1 Å². The molecule has 4 N–H and O–H groups in total. The van der Waals surface area contributed by atoms with Crippen molar-refractivity contribution in [1.29, 1.82) is 0 Å². The van der Waals surface area contributed by atoms with Crippen LogP contribution in [0, 0.1) is 0 Å². The van der Waals surface area contributed by atoms with Crippen molar-refractivity contribution in [1.82, 2.24) is 0 Å². The Labute approximate surface area is 121 Å². The molecule has 0 aromatic heterocycles. The van der Waals surface area contributed by atoms with Crippen molar-refractivity contribution < 1.29 is 28.8 Å². The summed E-state index contributed by atoms with van der Waals surface area (Å²) in [5, 5.41) is 37.7. The first-order valence-corrected chi connectivity index (χ1v) is 7.70. The van der Waals surface area contributed by atoms with Crippen LogP contribution in [-0.2, 0) is 16.3 Å². The summed E-state index contributed by atoms with van der Waals surface area (Å²) in [4.78, 5) is -0.360. The van der Waals surface area contributed by atoms with Crippen molar-refractivity contribution in [2.24, 2.45) is 0 Å². The Balaban J connectivity index is 2.24. The summed E-state index contributed by atoms with van der Waals surface area (Å²) in [6.07, 6.45) is 0.00351. The molecular formula is C14H14O6S. The zero-order valence-electron chi connectivity index (χ0n) is 10.9. The van der Waals surface area contributed by atoms with Gasteiger partial charge in [-0.1, -0.05) is 6.07 Å². The van der Waals surface area contributed by atoms with Gasteiger partial charge in [0.05, 0.1) is 5.75 Å². The molecule has 2 rings (SSSR count). The number of phenolic OH excluding ortho intramolecular Hbond substituents is 4. The Hall–Kier alpha value is -2.41. The highest BCUT2D eigenvalue weighted by Crippen LogP contribution is 2.29. The molecule has 7 heteroatoms. The summed E-state index contributed by atoms with van der Waals surface area (Å²) >= 11 is 0. The van der Waals surface area contributed by atoms with Crippen LogP contribution in [-0.4, -0.2) is 34.6 Å². The number of sulfone groups is 1. The maximum atomic E-state index is 12.2. The van der Waals surface area contributed by atoms with Crippen LogP contribution in [0.2, 0.25) is 0 Å². The van der Waals surface area contributed by atoms with E-state index in [4.69, 9.17) is 0 Å². The first-order chi connectivity index (χ1) is 9.79. The minimum atomic E-state index is -3.82. The van der Waals surface area contributed by atoms with E-state index >= 15 is 0 Å². The molecule has 6 nitrogen and oxygen atoms in total. The average Bonchev–Trinajstić information content (AvgIpc) is 2.40. The normalized spacial score (nSPS) is 11.4. The second-order valence-electron chi connectivity index (χ2n) is 4.53. The second-order valence-corrected chi connectivity index (χ2v) is 6.61. The molecule has 2 aromatic rings. The number of benzene rings is 2. The van der Waals surface area contributed by atoms with Gasteiger partial charge in [0.1, 0.15) is 27.9 Å². The smallest absolute Gasteiger partial charge is 0.182 e. The van der Waals surface area contributed by atoms with Crippen LogP contribution >= 0.6 is 0 Å². The zero-order chi connectivity index (χ0) is 15.6. The van der Waals surface area contributed by atoms with E-state index in [1.165, 1.54) is 18.2 Å². The summed E-state index contributed by atoms with van der Waals surface area (Å²) in [5.74, 6) is -1.39. The van der Waals surface area contributed by atoms with Crippen LogP contribution in [0.4, 0.5) is 0 Å². The van der Waals surface area contributed by atoms with Crippen LogP contribution in [0.1, 0.15) is 5.56 Å². The number of aromatic hydroxyl groups is 4. The van der Waals surface area contributed by atoms with Crippen LogP contribution in [0.5, 0.6) is 23.0 Å². The van der Waals surface area contributed by atoms with Gasteiger partial charge >= 0.3 is 0 Å². The Morgan fingerprint density at radius 3 is 2.10 bits per heavy atom. The molecule has 0 spiro atoms. The molecule has 0 saturated carbocycles. The van der Waals surface area contributed by atoms with Gasteiger partial charge in [0.25, 0.3) is 0 Å². The summed E-state index contributed by atoms with van der Waals surface area (Å²) < 4.78 is 24.3. The molecule has 112 valence electrons. The van der Waals surface area contributed by atoms with E-state index in [-0.39, 0.29) is 34.3 Å². The van der Waals surface area contributed by atoms with Crippen LogP contribution in [0.3, 0.4) is 0 Å². The summed E-state index contributed by atoms with van der Waals surface area (Å²) in [7, 11) is -3.82. The van der Waals surface area contributed by atoms with Crippen molar-refractivity contribution in [2.45, 2.75) is 11.3 Å². The van der Waals surface area contributed by atoms with Gasteiger partial charge in [-0.05, 0) is 30.2 Å². The molecule has 0 atom stereocenters. The molecule has 0 heterocycles. The lowest BCUT2D eigenvalue weighted by atomic mass is 10.1. The molecule has 0 radical (unpaired) electrons. The standard InChI is InChI=1S/C14H14O6S/c15-10-2-1-9(13(18)7-10)5-6-21(19,20)14-8-11(16)3-4-12(14)17/h1-4,7-8,15-18H,5-6H2. The Bertz CT molecular complexity index is 767. The minimum absolute atomic E-state index is 0.00351. The van der Waals surface area contributed by atoms with Crippen molar-refractivity contribution >= 4 is 9.84 Å². The SMILES string of the molecule is O=S(=O)(CCc1ccc(O)cc1O)c1cc(O)ccc1O. The lowest BCUT2D eigenvalue weighted by Crippen LogP contribution is -2.09. The summed E-state index contributed by atoms with van der Waals surface area (Å²) in [6, 6.07) is 7.13. The molecule has 2 aromatic carbocycles. The molecule has 0 amide bonds. The van der Waals surface area contributed by atoms with Gasteiger partial charge < -0.3 is 20.4 Å². The van der Waals surface area contributed by atoms with Gasteiger partial charge in [0.15, 0.2) is 9.84 Å². The predicted octanol–water partition coefficient (Wildman–Crippen LogP) is 1.53. The van der Waals surface area contributed by atoms with Crippen molar-refractivity contribution in [2.75, 3.05) is 5.75 Å². The van der Waals surface area contributed by atoms with Crippen molar-refractivity contribution in [3.8, 4) is 23.0 Å². The number of hydrogen-bond donors (Lipinski definition) is 4. The zero-order valence-corrected chi connectivity index (χ0v) is 11.7. The Morgan fingerprint density at radius 1 is 0.810 bits per heavy atom. The fraction of sp³-hybridized carbons (Fsp3) is 0.143. The number of rotatable bonds is 4. The van der Waals surface area contributed by atoms with E-state index in [9.17, 15) is 28.8 Å². The third kappa shape index (κ3) is 3.38. The monoisotopic (exact) mass is 310 g/mol. The lowest BCUT2D eigenvalue weighted by Gasteiger charge is -2.08. The molecule has 21 heavy (non-hydrogen) atoms. The molecule has 0 saturated heterocycles. The minimum Gasteiger partial charge on any atom is -0.508 e. The second kappa shape index (κ2) is 5.53. The van der Waals surface area contributed by atoms with E-state index in [0.29, 0.717) is 5.56 Å². The topological polar surface area (TPSA) is 115 Å². The Morgan fingerprint density at radius 2 is 1.43 bits per heavy atom. The molecule has 0 aliphatic rings. The lowest BCUT2D eigenvalue weighted by molar-refractivity contribution is 0.445. The number of phenols is 4. The van der Waals surface area contributed by atoms with Gasteiger partial charge in [-0.15, -0.1) is 0 Å². The average molecular weight is 310 g/mol. The van der Waals surface area contributed by atoms with E-state index < -0.39 is 15.6 Å². The molecule has 0 fully saturated rings. The van der Waals surface area contributed by atoms with Crippen molar-refractivity contribution in [3.05, 3.63) is 42.0 Å². The third-order valence-corrected chi connectivity index (χ3v) is 4.73.